The standard InChI is InChI=1S/C14H15F3N2/c15-14(16,17)8-3-9-18-10-12-7-6-11-4-1-2-5-13(11)19-12/h1-2,4-7,18H,3,8-10H2. The van der Waals surface area contributed by atoms with Crippen LogP contribution in [0, 0.1) is 0 Å². The van der Waals surface area contributed by atoms with Crippen LogP contribution in [-0.4, -0.2) is 17.7 Å². The Labute approximate surface area is 109 Å². The Morgan fingerprint density at radius 3 is 2.63 bits per heavy atom. The first-order valence-electron chi connectivity index (χ1n) is 6.17. The predicted molar refractivity (Wildman–Crippen MR) is 68.7 cm³/mol. The highest BCUT2D eigenvalue weighted by Gasteiger charge is 2.25. The minimum absolute atomic E-state index is 0.0943. The van der Waals surface area contributed by atoms with Crippen molar-refractivity contribution < 1.29 is 13.2 Å². The van der Waals surface area contributed by atoms with Crippen molar-refractivity contribution in [2.24, 2.45) is 0 Å². The maximum atomic E-state index is 11.9. The molecule has 1 aromatic heterocycles. The Balaban J connectivity index is 1.82. The Kier molecular flexibility index (Phi) is 4.37. The zero-order valence-corrected chi connectivity index (χ0v) is 10.4. The quantitative estimate of drug-likeness (QED) is 0.837. The summed E-state index contributed by atoms with van der Waals surface area (Å²) in [5.74, 6) is 0. The fourth-order valence-corrected chi connectivity index (χ4v) is 1.84. The number of alkyl halides is 3. The van der Waals surface area contributed by atoms with Gasteiger partial charge in [0.15, 0.2) is 0 Å². The summed E-state index contributed by atoms with van der Waals surface area (Å²) in [6.07, 6.45) is -4.72. The van der Waals surface area contributed by atoms with Gasteiger partial charge < -0.3 is 5.32 Å². The van der Waals surface area contributed by atoms with E-state index >= 15 is 0 Å². The normalized spacial score (nSPS) is 11.9. The highest BCUT2D eigenvalue weighted by molar-refractivity contribution is 5.78. The molecule has 0 atom stereocenters. The Hall–Kier alpha value is -1.62. The molecule has 0 fully saturated rings. The van der Waals surface area contributed by atoms with Gasteiger partial charge in [-0.2, -0.15) is 13.2 Å². The molecular weight excluding hydrogens is 253 g/mol. The molecule has 0 unspecified atom stereocenters. The van der Waals surface area contributed by atoms with Gasteiger partial charge in [-0.25, -0.2) is 0 Å². The number of para-hydroxylation sites is 1. The first-order valence-corrected chi connectivity index (χ1v) is 6.17. The van der Waals surface area contributed by atoms with Crippen molar-refractivity contribution >= 4 is 10.9 Å². The van der Waals surface area contributed by atoms with Crippen LogP contribution in [0.3, 0.4) is 0 Å². The largest absolute Gasteiger partial charge is 0.389 e. The molecule has 19 heavy (non-hydrogen) atoms. The van der Waals surface area contributed by atoms with Gasteiger partial charge in [0.05, 0.1) is 11.2 Å². The second kappa shape index (κ2) is 6.02. The van der Waals surface area contributed by atoms with Gasteiger partial charge in [0, 0.05) is 18.4 Å². The molecule has 0 aliphatic rings. The number of nitrogens with one attached hydrogen (secondary N) is 1. The number of hydrogen-bond acceptors (Lipinski definition) is 2. The second-order valence-electron chi connectivity index (χ2n) is 4.39. The van der Waals surface area contributed by atoms with Crippen LogP contribution >= 0.6 is 0 Å². The van der Waals surface area contributed by atoms with Gasteiger partial charge >= 0.3 is 6.18 Å². The monoisotopic (exact) mass is 268 g/mol. The molecule has 0 radical (unpaired) electrons. The lowest BCUT2D eigenvalue weighted by atomic mass is 10.2. The van der Waals surface area contributed by atoms with E-state index in [-0.39, 0.29) is 6.42 Å². The van der Waals surface area contributed by atoms with Gasteiger partial charge in [-0.3, -0.25) is 4.98 Å². The number of rotatable bonds is 5. The van der Waals surface area contributed by atoms with E-state index < -0.39 is 12.6 Å². The predicted octanol–water partition coefficient (Wildman–Crippen LogP) is 3.67. The molecular formula is C14H15F3N2. The summed E-state index contributed by atoms with van der Waals surface area (Å²) in [6.45, 7) is 0.830. The lowest BCUT2D eigenvalue weighted by Crippen LogP contribution is -2.18. The molecule has 2 rings (SSSR count). The van der Waals surface area contributed by atoms with Gasteiger partial charge in [0.2, 0.25) is 0 Å². The maximum absolute atomic E-state index is 11.9. The first-order chi connectivity index (χ1) is 9.04. The van der Waals surface area contributed by atoms with Gasteiger partial charge in [0.25, 0.3) is 0 Å². The molecule has 2 nitrogen and oxygen atoms in total. The van der Waals surface area contributed by atoms with Crippen LogP contribution in [0.2, 0.25) is 0 Å². The summed E-state index contributed by atoms with van der Waals surface area (Å²) < 4.78 is 35.8. The van der Waals surface area contributed by atoms with E-state index in [2.05, 4.69) is 10.3 Å². The summed E-state index contributed by atoms with van der Waals surface area (Å²) in [5, 5.41) is 4.04. The number of benzene rings is 1. The molecule has 102 valence electrons. The van der Waals surface area contributed by atoms with Crippen molar-refractivity contribution in [2.45, 2.75) is 25.6 Å². The van der Waals surface area contributed by atoms with E-state index in [1.807, 2.05) is 36.4 Å². The van der Waals surface area contributed by atoms with E-state index in [4.69, 9.17) is 0 Å². The number of fused-ring (bicyclic) bond motifs is 1. The number of halogens is 3. The summed E-state index contributed by atoms with van der Waals surface area (Å²) in [7, 11) is 0. The highest BCUT2D eigenvalue weighted by atomic mass is 19.4. The van der Waals surface area contributed by atoms with Gasteiger partial charge in [-0.15, -0.1) is 0 Å². The zero-order valence-electron chi connectivity index (χ0n) is 10.4. The van der Waals surface area contributed by atoms with Crippen LogP contribution in [0.15, 0.2) is 36.4 Å². The summed E-state index contributed by atoms with van der Waals surface area (Å²) in [5.41, 5.74) is 1.74. The van der Waals surface area contributed by atoms with Crippen LogP contribution in [0.5, 0.6) is 0 Å². The molecule has 0 spiro atoms. The minimum atomic E-state index is -4.07. The average Bonchev–Trinajstić information content (AvgIpc) is 2.37. The summed E-state index contributed by atoms with van der Waals surface area (Å²) >= 11 is 0. The van der Waals surface area contributed by atoms with Crippen molar-refractivity contribution in [3.8, 4) is 0 Å². The van der Waals surface area contributed by atoms with Gasteiger partial charge in [-0.1, -0.05) is 24.3 Å². The fraction of sp³-hybridized carbons (Fsp3) is 0.357. The minimum Gasteiger partial charge on any atom is -0.311 e. The molecule has 0 saturated heterocycles. The Morgan fingerprint density at radius 2 is 1.84 bits per heavy atom. The highest BCUT2D eigenvalue weighted by Crippen LogP contribution is 2.20. The molecule has 1 aromatic carbocycles. The van der Waals surface area contributed by atoms with Crippen LogP contribution < -0.4 is 5.32 Å². The van der Waals surface area contributed by atoms with E-state index in [9.17, 15) is 13.2 Å². The van der Waals surface area contributed by atoms with E-state index in [1.54, 1.807) is 0 Å². The van der Waals surface area contributed by atoms with Crippen molar-refractivity contribution in [2.75, 3.05) is 6.54 Å². The summed E-state index contributed by atoms with van der Waals surface area (Å²) in [4.78, 5) is 4.44. The van der Waals surface area contributed by atoms with Crippen molar-refractivity contribution in [3.63, 3.8) is 0 Å². The van der Waals surface area contributed by atoms with Gasteiger partial charge in [-0.05, 0) is 25.1 Å². The van der Waals surface area contributed by atoms with Crippen LogP contribution in [-0.2, 0) is 6.54 Å². The van der Waals surface area contributed by atoms with E-state index in [0.717, 1.165) is 16.6 Å². The lowest BCUT2D eigenvalue weighted by molar-refractivity contribution is -0.135. The van der Waals surface area contributed by atoms with E-state index in [0.29, 0.717) is 13.1 Å². The van der Waals surface area contributed by atoms with Crippen LogP contribution in [0.4, 0.5) is 13.2 Å². The number of hydrogen-bond donors (Lipinski definition) is 1. The molecule has 1 N–H and O–H groups in total. The second-order valence-corrected chi connectivity index (χ2v) is 4.39. The van der Waals surface area contributed by atoms with Gasteiger partial charge in [0.1, 0.15) is 0 Å². The Morgan fingerprint density at radius 1 is 1.05 bits per heavy atom. The fourth-order valence-electron chi connectivity index (χ4n) is 1.84. The Bertz CT molecular complexity index is 537. The number of nitrogens with zero attached hydrogens (tertiary/aromatic N) is 1. The molecule has 2 aromatic rings. The van der Waals surface area contributed by atoms with Crippen molar-refractivity contribution in [3.05, 3.63) is 42.1 Å². The number of aromatic nitrogens is 1. The molecule has 5 heteroatoms. The van der Waals surface area contributed by atoms with Crippen molar-refractivity contribution in [1.82, 2.24) is 10.3 Å². The molecule has 0 aliphatic carbocycles. The zero-order chi connectivity index (χ0) is 13.7. The summed E-state index contributed by atoms with van der Waals surface area (Å²) in [6, 6.07) is 11.6. The van der Waals surface area contributed by atoms with E-state index in [1.165, 1.54) is 0 Å². The molecule has 0 amide bonds. The van der Waals surface area contributed by atoms with Crippen LogP contribution in [0.25, 0.3) is 10.9 Å². The average molecular weight is 268 g/mol. The third-order valence-electron chi connectivity index (χ3n) is 2.78. The maximum Gasteiger partial charge on any atom is 0.389 e. The van der Waals surface area contributed by atoms with Crippen LogP contribution in [0.1, 0.15) is 18.5 Å². The third kappa shape index (κ3) is 4.52. The molecule has 0 saturated carbocycles. The number of pyridine rings is 1. The SMILES string of the molecule is FC(F)(F)CCCNCc1ccc2ccccc2n1. The topological polar surface area (TPSA) is 24.9 Å². The third-order valence-corrected chi connectivity index (χ3v) is 2.78. The smallest absolute Gasteiger partial charge is 0.311 e. The molecule has 0 bridgehead atoms. The molecule has 1 heterocycles. The lowest BCUT2D eigenvalue weighted by Gasteiger charge is -2.07. The van der Waals surface area contributed by atoms with Crippen molar-refractivity contribution in [1.29, 1.82) is 0 Å². The first kappa shape index (κ1) is 13.8. The molecule has 0 aliphatic heterocycles.